The molecule has 1 N–H and O–H groups in total. The van der Waals surface area contributed by atoms with Crippen LogP contribution in [-0.4, -0.2) is 27.3 Å². The molecule has 0 spiro atoms. The Morgan fingerprint density at radius 1 is 1.32 bits per heavy atom. The lowest BCUT2D eigenvalue weighted by atomic mass is 10.1. The molecule has 1 aliphatic rings. The van der Waals surface area contributed by atoms with Gasteiger partial charge in [-0.15, -0.1) is 10.2 Å². The molecular weight excluding hydrogens is 340 g/mol. The number of hydrogen-bond acceptors (Lipinski definition) is 6. The first-order valence-electron chi connectivity index (χ1n) is 7.98. The van der Waals surface area contributed by atoms with Crippen molar-refractivity contribution in [2.45, 2.75) is 18.9 Å². The summed E-state index contributed by atoms with van der Waals surface area (Å²) >= 11 is 1.32. The van der Waals surface area contributed by atoms with Crippen molar-refractivity contribution in [2.75, 3.05) is 11.9 Å². The summed E-state index contributed by atoms with van der Waals surface area (Å²) in [6, 6.07) is 7.07. The zero-order chi connectivity index (χ0) is 17.4. The summed E-state index contributed by atoms with van der Waals surface area (Å²) in [6.07, 6.45) is 3.45. The van der Waals surface area contributed by atoms with Crippen LogP contribution in [0, 0.1) is 0 Å². The third kappa shape index (κ3) is 2.94. The van der Waals surface area contributed by atoms with E-state index in [1.54, 1.807) is 37.5 Å². The van der Waals surface area contributed by atoms with Crippen molar-refractivity contribution in [3.05, 3.63) is 51.4 Å². The second kappa shape index (κ2) is 6.38. The fraction of sp³-hybridized carbons (Fsp3) is 0.294. The maximum absolute atomic E-state index is 12.7. The Labute approximate surface area is 147 Å². The van der Waals surface area contributed by atoms with Crippen LogP contribution in [-0.2, 0) is 11.8 Å². The van der Waals surface area contributed by atoms with E-state index < -0.39 is 0 Å². The SMILES string of the molecule is Cn1cc(C(=O)Nc2nnc([C@H]3CCCO3)s2)c2ccccc2c1=O. The molecule has 8 heteroatoms. The Morgan fingerprint density at radius 2 is 2.12 bits per heavy atom. The monoisotopic (exact) mass is 356 g/mol. The zero-order valence-electron chi connectivity index (χ0n) is 13.6. The van der Waals surface area contributed by atoms with Crippen LogP contribution >= 0.6 is 11.3 Å². The molecule has 3 aromatic rings. The number of fused-ring (bicyclic) bond motifs is 1. The van der Waals surface area contributed by atoms with Gasteiger partial charge in [0.1, 0.15) is 11.1 Å². The second-order valence-electron chi connectivity index (χ2n) is 5.91. The highest BCUT2D eigenvalue weighted by atomic mass is 32.1. The largest absolute Gasteiger partial charge is 0.371 e. The van der Waals surface area contributed by atoms with Gasteiger partial charge in [0.2, 0.25) is 5.13 Å². The van der Waals surface area contributed by atoms with E-state index in [-0.39, 0.29) is 17.6 Å². The summed E-state index contributed by atoms with van der Waals surface area (Å²) < 4.78 is 7.00. The number of rotatable bonds is 3. The van der Waals surface area contributed by atoms with Gasteiger partial charge in [-0.05, 0) is 18.9 Å². The minimum absolute atomic E-state index is 0.0264. The number of anilines is 1. The first-order valence-corrected chi connectivity index (χ1v) is 8.80. The van der Waals surface area contributed by atoms with Gasteiger partial charge in [-0.1, -0.05) is 29.5 Å². The average molecular weight is 356 g/mol. The van der Waals surface area contributed by atoms with Gasteiger partial charge in [0.15, 0.2) is 0 Å². The number of benzene rings is 1. The van der Waals surface area contributed by atoms with Gasteiger partial charge in [-0.2, -0.15) is 0 Å². The van der Waals surface area contributed by atoms with Crippen molar-refractivity contribution >= 4 is 33.1 Å². The number of aryl methyl sites for hydroxylation is 1. The topological polar surface area (TPSA) is 86.1 Å². The van der Waals surface area contributed by atoms with Crippen molar-refractivity contribution in [2.24, 2.45) is 7.05 Å². The Hall–Kier alpha value is -2.58. The van der Waals surface area contributed by atoms with E-state index in [1.807, 2.05) is 0 Å². The molecule has 0 saturated carbocycles. The highest BCUT2D eigenvalue weighted by Crippen LogP contribution is 2.32. The number of carbonyl (C=O) groups excluding carboxylic acids is 1. The molecule has 25 heavy (non-hydrogen) atoms. The summed E-state index contributed by atoms with van der Waals surface area (Å²) in [4.78, 5) is 24.9. The highest BCUT2D eigenvalue weighted by Gasteiger charge is 2.23. The molecule has 0 aliphatic carbocycles. The quantitative estimate of drug-likeness (QED) is 0.779. The van der Waals surface area contributed by atoms with Gasteiger partial charge in [0.05, 0.1) is 5.56 Å². The normalized spacial score (nSPS) is 17.1. The van der Waals surface area contributed by atoms with Crippen molar-refractivity contribution < 1.29 is 9.53 Å². The van der Waals surface area contributed by atoms with E-state index in [1.165, 1.54) is 15.9 Å². The van der Waals surface area contributed by atoms with E-state index in [4.69, 9.17) is 4.74 Å². The van der Waals surface area contributed by atoms with E-state index in [9.17, 15) is 9.59 Å². The molecule has 1 aromatic carbocycles. The maximum Gasteiger partial charge on any atom is 0.259 e. The number of pyridine rings is 1. The third-order valence-electron chi connectivity index (χ3n) is 4.20. The van der Waals surface area contributed by atoms with Crippen LogP contribution in [0.4, 0.5) is 5.13 Å². The van der Waals surface area contributed by atoms with Crippen molar-refractivity contribution in [1.29, 1.82) is 0 Å². The number of ether oxygens (including phenoxy) is 1. The number of nitrogens with zero attached hydrogens (tertiary/aromatic N) is 3. The van der Waals surface area contributed by atoms with Crippen molar-refractivity contribution in [3.63, 3.8) is 0 Å². The Bertz CT molecular complexity index is 1000. The molecule has 1 atom stereocenters. The van der Waals surface area contributed by atoms with Crippen LogP contribution in [0.5, 0.6) is 0 Å². The van der Waals surface area contributed by atoms with Gasteiger partial charge in [-0.25, -0.2) is 0 Å². The van der Waals surface area contributed by atoms with Gasteiger partial charge in [-0.3, -0.25) is 14.9 Å². The molecule has 2 aromatic heterocycles. The molecule has 3 heterocycles. The molecule has 4 rings (SSSR count). The molecule has 1 saturated heterocycles. The fourth-order valence-electron chi connectivity index (χ4n) is 2.95. The van der Waals surface area contributed by atoms with Crippen LogP contribution in [0.2, 0.25) is 0 Å². The average Bonchev–Trinajstić information content (AvgIpc) is 3.29. The minimum atomic E-state index is -0.318. The van der Waals surface area contributed by atoms with Crippen LogP contribution in [0.1, 0.15) is 34.3 Å². The molecule has 1 fully saturated rings. The first-order chi connectivity index (χ1) is 12.1. The lowest BCUT2D eigenvalue weighted by Crippen LogP contribution is -2.21. The maximum atomic E-state index is 12.7. The summed E-state index contributed by atoms with van der Waals surface area (Å²) in [5, 5.41) is 13.3. The van der Waals surface area contributed by atoms with Gasteiger partial charge < -0.3 is 9.30 Å². The minimum Gasteiger partial charge on any atom is -0.371 e. The van der Waals surface area contributed by atoms with E-state index in [0.29, 0.717) is 21.5 Å². The smallest absolute Gasteiger partial charge is 0.259 e. The number of nitrogens with one attached hydrogen (secondary N) is 1. The summed E-state index contributed by atoms with van der Waals surface area (Å²) in [5.74, 6) is -0.318. The Kier molecular flexibility index (Phi) is 4.06. The highest BCUT2D eigenvalue weighted by molar-refractivity contribution is 7.15. The number of hydrogen-bond donors (Lipinski definition) is 1. The molecule has 0 radical (unpaired) electrons. The molecular formula is C17H16N4O3S. The Morgan fingerprint density at radius 3 is 2.88 bits per heavy atom. The molecule has 0 unspecified atom stereocenters. The third-order valence-corrected chi connectivity index (χ3v) is 5.13. The van der Waals surface area contributed by atoms with Crippen LogP contribution in [0.25, 0.3) is 10.8 Å². The molecule has 0 bridgehead atoms. The van der Waals surface area contributed by atoms with Crippen molar-refractivity contribution in [3.8, 4) is 0 Å². The number of carbonyl (C=O) groups is 1. The van der Waals surface area contributed by atoms with Gasteiger partial charge in [0.25, 0.3) is 11.5 Å². The lowest BCUT2D eigenvalue weighted by Gasteiger charge is -2.08. The summed E-state index contributed by atoms with van der Waals surface area (Å²) in [7, 11) is 1.63. The van der Waals surface area contributed by atoms with E-state index in [0.717, 1.165) is 24.5 Å². The van der Waals surface area contributed by atoms with Crippen LogP contribution in [0.3, 0.4) is 0 Å². The van der Waals surface area contributed by atoms with Crippen LogP contribution in [0.15, 0.2) is 35.3 Å². The zero-order valence-corrected chi connectivity index (χ0v) is 14.4. The predicted octanol–water partition coefficient (Wildman–Crippen LogP) is 2.49. The number of aromatic nitrogens is 3. The second-order valence-corrected chi connectivity index (χ2v) is 6.91. The van der Waals surface area contributed by atoms with Gasteiger partial charge >= 0.3 is 0 Å². The van der Waals surface area contributed by atoms with Gasteiger partial charge in [0, 0.05) is 30.6 Å². The van der Waals surface area contributed by atoms with Crippen LogP contribution < -0.4 is 10.9 Å². The molecule has 1 aliphatic heterocycles. The number of amides is 1. The fourth-order valence-corrected chi connectivity index (χ4v) is 3.77. The molecule has 1 amide bonds. The summed E-state index contributed by atoms with van der Waals surface area (Å²) in [5.41, 5.74) is 0.287. The Balaban J connectivity index is 1.64. The predicted molar refractivity (Wildman–Crippen MR) is 95.0 cm³/mol. The van der Waals surface area contributed by atoms with Crippen molar-refractivity contribution in [1.82, 2.24) is 14.8 Å². The van der Waals surface area contributed by atoms with E-state index >= 15 is 0 Å². The lowest BCUT2D eigenvalue weighted by molar-refractivity contribution is 0.102. The first kappa shape index (κ1) is 15.9. The standard InChI is InChI=1S/C17H16N4O3S/c1-21-9-12(10-5-2-3-6-11(10)16(21)23)14(22)18-17-20-19-15(25-17)13-7-4-8-24-13/h2-3,5-6,9,13H,4,7-8H2,1H3,(H,18,20,22)/t13-/m1/s1. The molecule has 128 valence electrons. The summed E-state index contributed by atoms with van der Waals surface area (Å²) in [6.45, 7) is 0.732. The molecule has 7 nitrogen and oxygen atoms in total. The van der Waals surface area contributed by atoms with E-state index in [2.05, 4.69) is 15.5 Å².